The van der Waals surface area contributed by atoms with Crippen molar-refractivity contribution in [1.29, 1.82) is 0 Å². The average molecular weight is 815 g/mol. The van der Waals surface area contributed by atoms with Crippen LogP contribution < -0.4 is 15.0 Å². The number of benzene rings is 1. The number of piperidine rings is 1. The maximum atomic E-state index is 14.8. The van der Waals surface area contributed by atoms with Crippen LogP contribution in [0.5, 0.6) is 5.75 Å². The van der Waals surface area contributed by atoms with Crippen LogP contribution in [0.25, 0.3) is 22.3 Å². The third-order valence-electron chi connectivity index (χ3n) is 13.4. The van der Waals surface area contributed by atoms with E-state index in [1.54, 1.807) is 33.9 Å². The molecule has 1 aromatic carbocycles. The summed E-state index contributed by atoms with van der Waals surface area (Å²) >= 11 is 0. The van der Waals surface area contributed by atoms with E-state index in [1.807, 2.05) is 0 Å². The summed E-state index contributed by atoms with van der Waals surface area (Å²) in [6, 6.07) is 5.33. The SMILES string of the molecule is O=C(NC1(C(=O)O)C2CC3CC(C2)CC1C3)c1cnc(-c2cn(C3CCC(F)(F)CC3)c3cc(OC4CCN(c5ncc(F)cc5F)CC4)ccc23)nc1C(F)(F)F. The number of hydrogen-bond donors (Lipinski definition) is 2. The first-order valence-corrected chi connectivity index (χ1v) is 19.8. The Labute approximate surface area is 328 Å². The Bertz CT molecular complexity index is 2230. The molecule has 0 atom stereocenters. The first-order chi connectivity index (χ1) is 27.6. The lowest BCUT2D eigenvalue weighted by Crippen LogP contribution is -2.70. The maximum Gasteiger partial charge on any atom is 0.434 e. The van der Waals surface area contributed by atoms with Gasteiger partial charge in [0.2, 0.25) is 5.92 Å². The minimum absolute atomic E-state index is 0.0427. The lowest BCUT2D eigenvalue weighted by molar-refractivity contribution is -0.163. The largest absolute Gasteiger partial charge is 0.490 e. The highest BCUT2D eigenvalue weighted by molar-refractivity contribution is 6.00. The zero-order chi connectivity index (χ0) is 40.7. The van der Waals surface area contributed by atoms with Crippen LogP contribution in [0.3, 0.4) is 0 Å². The minimum Gasteiger partial charge on any atom is -0.490 e. The molecular formula is C41H41F7N6O4. The normalized spacial score (nSPS) is 27.3. The van der Waals surface area contributed by atoms with Crippen molar-refractivity contribution in [3.63, 3.8) is 0 Å². The number of aliphatic carboxylic acids is 1. The second kappa shape index (κ2) is 14.1. The van der Waals surface area contributed by atoms with Gasteiger partial charge >= 0.3 is 12.1 Å². The third-order valence-corrected chi connectivity index (χ3v) is 13.4. The third kappa shape index (κ3) is 6.81. The van der Waals surface area contributed by atoms with Gasteiger partial charge in [0, 0.05) is 80.3 Å². The molecule has 4 heterocycles. The van der Waals surface area contributed by atoms with E-state index in [1.165, 1.54) is 0 Å². The van der Waals surface area contributed by atoms with E-state index in [0.29, 0.717) is 80.1 Å². The summed E-state index contributed by atoms with van der Waals surface area (Å²) in [4.78, 5) is 40.4. The summed E-state index contributed by atoms with van der Waals surface area (Å²) in [5.74, 6) is -6.83. The van der Waals surface area contributed by atoms with Crippen LogP contribution >= 0.6 is 0 Å². The van der Waals surface area contributed by atoms with Crippen molar-refractivity contribution in [2.75, 3.05) is 18.0 Å². The molecule has 58 heavy (non-hydrogen) atoms. The number of pyridine rings is 1. The van der Waals surface area contributed by atoms with Gasteiger partial charge in [0.15, 0.2) is 23.2 Å². The molecule has 2 N–H and O–H groups in total. The monoisotopic (exact) mass is 814 g/mol. The lowest BCUT2D eigenvalue weighted by Gasteiger charge is -2.59. The van der Waals surface area contributed by atoms with Gasteiger partial charge in [-0.25, -0.2) is 37.3 Å². The highest BCUT2D eigenvalue weighted by Gasteiger charge is 2.62. The first-order valence-electron chi connectivity index (χ1n) is 19.8. The first kappa shape index (κ1) is 38.6. The number of anilines is 1. The Kier molecular flexibility index (Phi) is 9.38. The molecule has 17 heteroatoms. The lowest BCUT2D eigenvalue weighted by atomic mass is 9.48. The molecule has 6 aliphatic rings. The van der Waals surface area contributed by atoms with Crippen molar-refractivity contribution in [1.82, 2.24) is 24.8 Å². The molecule has 0 unspecified atom stereocenters. The summed E-state index contributed by atoms with van der Waals surface area (Å²) in [7, 11) is 0. The minimum atomic E-state index is -5.12. The van der Waals surface area contributed by atoms with Crippen LogP contribution in [0.2, 0.25) is 0 Å². The van der Waals surface area contributed by atoms with Gasteiger partial charge in [-0.05, 0) is 80.8 Å². The molecule has 6 fully saturated rings. The maximum absolute atomic E-state index is 14.8. The van der Waals surface area contributed by atoms with E-state index in [9.17, 15) is 45.4 Å². The van der Waals surface area contributed by atoms with Gasteiger partial charge in [-0.15, -0.1) is 0 Å². The molecule has 10 rings (SSSR count). The van der Waals surface area contributed by atoms with Crippen LogP contribution in [0.4, 0.5) is 36.6 Å². The summed E-state index contributed by atoms with van der Waals surface area (Å²) < 4.78 is 109. The second-order valence-corrected chi connectivity index (χ2v) is 16.9. The number of carbonyl (C=O) groups excluding carboxylic acids is 1. The van der Waals surface area contributed by atoms with Crippen LogP contribution in [0.15, 0.2) is 42.9 Å². The van der Waals surface area contributed by atoms with E-state index in [4.69, 9.17) is 4.74 Å². The summed E-state index contributed by atoms with van der Waals surface area (Å²) in [6.45, 7) is 0.761. The summed E-state index contributed by atoms with van der Waals surface area (Å²) in [6.07, 6.45) is 1.66. The van der Waals surface area contributed by atoms with Crippen molar-refractivity contribution in [3.8, 4) is 17.1 Å². The Morgan fingerprint density at radius 3 is 2.19 bits per heavy atom. The van der Waals surface area contributed by atoms with Gasteiger partial charge < -0.3 is 24.6 Å². The van der Waals surface area contributed by atoms with Gasteiger partial charge in [-0.2, -0.15) is 13.2 Å². The van der Waals surface area contributed by atoms with Crippen molar-refractivity contribution in [2.24, 2.45) is 23.7 Å². The number of carboxylic acid groups (broad SMARTS) is 1. The Hall–Kier alpha value is -4.96. The Morgan fingerprint density at radius 2 is 1.57 bits per heavy atom. The van der Waals surface area contributed by atoms with E-state index < -0.39 is 70.3 Å². The zero-order valence-electron chi connectivity index (χ0n) is 31.3. The zero-order valence-corrected chi connectivity index (χ0v) is 31.3. The smallest absolute Gasteiger partial charge is 0.434 e. The second-order valence-electron chi connectivity index (χ2n) is 16.9. The number of aromatic nitrogens is 4. The van der Waals surface area contributed by atoms with Crippen LogP contribution in [0.1, 0.15) is 92.7 Å². The Balaban J connectivity index is 1.02. The molecular weight excluding hydrogens is 773 g/mol. The number of nitrogens with zero attached hydrogens (tertiary/aromatic N) is 5. The molecule has 1 saturated heterocycles. The molecule has 5 saturated carbocycles. The van der Waals surface area contributed by atoms with Gasteiger partial charge in [0.05, 0.1) is 17.3 Å². The number of carbonyl (C=O) groups is 2. The van der Waals surface area contributed by atoms with Crippen LogP contribution in [-0.2, 0) is 11.0 Å². The molecule has 3 aromatic heterocycles. The summed E-state index contributed by atoms with van der Waals surface area (Å²) in [5, 5.41) is 13.5. The number of amides is 1. The molecule has 10 nitrogen and oxygen atoms in total. The van der Waals surface area contributed by atoms with Gasteiger partial charge in [-0.3, -0.25) is 4.79 Å². The van der Waals surface area contributed by atoms with Crippen molar-refractivity contribution >= 4 is 28.6 Å². The average Bonchev–Trinajstić information content (AvgIpc) is 3.54. The van der Waals surface area contributed by atoms with Crippen molar-refractivity contribution in [2.45, 2.75) is 100 Å². The Morgan fingerprint density at radius 1 is 0.897 bits per heavy atom. The van der Waals surface area contributed by atoms with Crippen LogP contribution in [-0.4, -0.2) is 67.2 Å². The van der Waals surface area contributed by atoms with E-state index in [2.05, 4.69) is 20.3 Å². The van der Waals surface area contributed by atoms with Gasteiger partial charge in [-0.1, -0.05) is 0 Å². The number of ether oxygens (including phenoxy) is 1. The molecule has 5 aliphatic carbocycles. The molecule has 308 valence electrons. The van der Waals surface area contributed by atoms with Crippen molar-refractivity contribution in [3.05, 3.63) is 65.7 Å². The number of nitrogens with one attached hydrogen (secondary N) is 1. The molecule has 0 radical (unpaired) electrons. The molecule has 0 spiro atoms. The van der Waals surface area contributed by atoms with E-state index in [-0.39, 0.29) is 49.0 Å². The van der Waals surface area contributed by atoms with Crippen LogP contribution in [0, 0.1) is 35.3 Å². The molecule has 4 aromatic rings. The predicted molar refractivity (Wildman–Crippen MR) is 195 cm³/mol. The topological polar surface area (TPSA) is 122 Å². The fourth-order valence-corrected chi connectivity index (χ4v) is 10.8. The van der Waals surface area contributed by atoms with E-state index >= 15 is 0 Å². The van der Waals surface area contributed by atoms with Crippen molar-refractivity contribution < 1.29 is 50.2 Å². The van der Waals surface area contributed by atoms with Gasteiger partial charge in [0.25, 0.3) is 5.91 Å². The standard InChI is InChI=1S/C41H41F7N6O4/c42-25-16-32(43)36(50-18-25)53-9-5-27(6-10-53)58-28-1-2-29-31(20-54(33(29)17-28)26-3-7-39(44,45)8-4-26)35-49-19-30(34(51-35)41(46,47)48)37(55)52-40(38(56)57)23-12-21-11-22(14-23)15-24(40)13-21/h1-2,16-24,26-27H,3-15H2,(H,52,55)(H,56,57). The molecule has 1 amide bonds. The quantitative estimate of drug-likeness (QED) is 0.170. The molecule has 4 bridgehead atoms. The number of fused-ring (bicyclic) bond motifs is 1. The number of rotatable bonds is 8. The number of carboxylic acids is 1. The van der Waals surface area contributed by atoms with E-state index in [0.717, 1.165) is 24.9 Å². The number of hydrogen-bond acceptors (Lipinski definition) is 7. The highest BCUT2D eigenvalue weighted by atomic mass is 19.4. The molecule has 1 aliphatic heterocycles. The fourth-order valence-electron chi connectivity index (χ4n) is 10.8. The fraction of sp³-hybridized carbons (Fsp3) is 0.537. The highest BCUT2D eigenvalue weighted by Crippen LogP contribution is 2.58. The number of halogens is 7. The van der Waals surface area contributed by atoms with Gasteiger partial charge in [0.1, 0.15) is 23.2 Å². The summed E-state index contributed by atoms with van der Waals surface area (Å²) in [5.41, 5.74) is -3.41. The number of alkyl halides is 5. The predicted octanol–water partition coefficient (Wildman–Crippen LogP) is 8.60.